The number of hydrogen-bond acceptors (Lipinski definition) is 7. The maximum absolute atomic E-state index is 12.4. The fourth-order valence-electron chi connectivity index (χ4n) is 2.62. The van der Waals surface area contributed by atoms with Gasteiger partial charge >= 0.3 is 0 Å². The molecule has 148 valence electrons. The van der Waals surface area contributed by atoms with E-state index in [0.717, 1.165) is 27.1 Å². The first-order chi connectivity index (χ1) is 13.9. The zero-order chi connectivity index (χ0) is 20.4. The highest BCUT2D eigenvalue weighted by Gasteiger charge is 2.17. The Morgan fingerprint density at radius 3 is 2.66 bits per heavy atom. The Balaban J connectivity index is 1.41. The molecule has 29 heavy (non-hydrogen) atoms. The van der Waals surface area contributed by atoms with Crippen molar-refractivity contribution in [3.63, 3.8) is 0 Å². The van der Waals surface area contributed by atoms with E-state index in [1.165, 1.54) is 23.5 Å². The average Bonchev–Trinajstić information content (AvgIpc) is 3.27. The van der Waals surface area contributed by atoms with Gasteiger partial charge in [0.25, 0.3) is 10.0 Å². The Kier molecular flexibility index (Phi) is 5.31. The van der Waals surface area contributed by atoms with E-state index in [0.29, 0.717) is 10.8 Å². The van der Waals surface area contributed by atoms with Crippen LogP contribution in [0, 0.1) is 6.92 Å². The standard InChI is InChI=1S/C19H16N4O3S3/c1-12-7-8-15-16(9-12)28-18(21-15)22-17(24)10-13-11-27-19(20-13)23-29(25,26)14-5-3-2-4-6-14/h2-9,11H,10H2,1H3,(H,20,23)(H,21,22,24). The van der Waals surface area contributed by atoms with E-state index < -0.39 is 10.0 Å². The lowest BCUT2D eigenvalue weighted by Gasteiger charge is -2.04. The lowest BCUT2D eigenvalue weighted by Crippen LogP contribution is -2.15. The molecule has 0 unspecified atom stereocenters. The summed E-state index contributed by atoms with van der Waals surface area (Å²) >= 11 is 2.54. The minimum absolute atomic E-state index is 0.0263. The smallest absolute Gasteiger partial charge is 0.263 e. The van der Waals surface area contributed by atoms with Gasteiger partial charge in [-0.25, -0.2) is 18.4 Å². The summed E-state index contributed by atoms with van der Waals surface area (Å²) in [5, 5.41) is 5.17. The molecule has 0 saturated heterocycles. The molecule has 4 aromatic rings. The minimum atomic E-state index is -3.71. The van der Waals surface area contributed by atoms with Crippen LogP contribution >= 0.6 is 22.7 Å². The third kappa shape index (κ3) is 4.61. The SMILES string of the molecule is Cc1ccc2nc(NC(=O)Cc3csc(NS(=O)(=O)c4ccccc4)n3)sc2c1. The predicted molar refractivity (Wildman–Crippen MR) is 116 cm³/mol. The van der Waals surface area contributed by atoms with E-state index in [-0.39, 0.29) is 22.4 Å². The number of nitrogens with zero attached hydrogens (tertiary/aromatic N) is 2. The van der Waals surface area contributed by atoms with Crippen LogP contribution in [0.25, 0.3) is 10.2 Å². The molecule has 0 aliphatic heterocycles. The van der Waals surface area contributed by atoms with Gasteiger partial charge < -0.3 is 5.32 Å². The fourth-order valence-corrected chi connectivity index (χ4v) is 5.59. The highest BCUT2D eigenvalue weighted by Crippen LogP contribution is 2.27. The van der Waals surface area contributed by atoms with E-state index in [2.05, 4.69) is 20.0 Å². The highest BCUT2D eigenvalue weighted by atomic mass is 32.2. The molecule has 7 nitrogen and oxygen atoms in total. The molecule has 0 aliphatic rings. The van der Waals surface area contributed by atoms with Gasteiger partial charge in [-0.1, -0.05) is 35.6 Å². The number of amides is 1. The van der Waals surface area contributed by atoms with Gasteiger partial charge in [-0.2, -0.15) is 0 Å². The summed E-state index contributed by atoms with van der Waals surface area (Å²) in [4.78, 5) is 21.1. The fraction of sp³-hybridized carbons (Fsp3) is 0.105. The molecular weight excluding hydrogens is 428 g/mol. The maximum Gasteiger partial charge on any atom is 0.263 e. The second-order valence-corrected chi connectivity index (χ2v) is 9.85. The lowest BCUT2D eigenvalue weighted by molar-refractivity contribution is -0.115. The van der Waals surface area contributed by atoms with Gasteiger partial charge in [-0.15, -0.1) is 11.3 Å². The molecule has 2 aromatic carbocycles. The quantitative estimate of drug-likeness (QED) is 0.467. The molecule has 2 heterocycles. The van der Waals surface area contributed by atoms with Gasteiger partial charge in [-0.3, -0.25) is 9.52 Å². The largest absolute Gasteiger partial charge is 0.302 e. The number of anilines is 2. The first kappa shape index (κ1) is 19.5. The summed E-state index contributed by atoms with van der Waals surface area (Å²) in [5.41, 5.74) is 2.45. The molecule has 0 atom stereocenters. The molecular formula is C19H16N4O3S3. The summed E-state index contributed by atoms with van der Waals surface area (Å²) in [6.07, 6.45) is 0.0263. The van der Waals surface area contributed by atoms with Gasteiger partial charge in [0.2, 0.25) is 5.91 Å². The minimum Gasteiger partial charge on any atom is -0.302 e. The molecule has 4 rings (SSSR count). The number of benzene rings is 2. The number of aryl methyl sites for hydroxylation is 1. The van der Waals surface area contributed by atoms with Gasteiger partial charge in [0.15, 0.2) is 10.3 Å². The molecule has 0 aliphatic carbocycles. The van der Waals surface area contributed by atoms with E-state index in [4.69, 9.17) is 0 Å². The van der Waals surface area contributed by atoms with Crippen LogP contribution in [0.3, 0.4) is 0 Å². The third-order valence-corrected chi connectivity index (χ3v) is 7.18. The number of sulfonamides is 1. The maximum atomic E-state index is 12.4. The van der Waals surface area contributed by atoms with E-state index in [1.807, 2.05) is 25.1 Å². The monoisotopic (exact) mass is 444 g/mol. The van der Waals surface area contributed by atoms with Gasteiger partial charge in [0.1, 0.15) is 0 Å². The van der Waals surface area contributed by atoms with Crippen LogP contribution in [0.1, 0.15) is 11.3 Å². The number of hydrogen-bond donors (Lipinski definition) is 2. The number of fused-ring (bicyclic) bond motifs is 1. The molecule has 2 N–H and O–H groups in total. The van der Waals surface area contributed by atoms with Gasteiger partial charge in [0.05, 0.1) is 27.2 Å². The first-order valence-corrected chi connectivity index (χ1v) is 11.8. The summed E-state index contributed by atoms with van der Waals surface area (Å²) < 4.78 is 28.2. The Morgan fingerprint density at radius 1 is 1.07 bits per heavy atom. The van der Waals surface area contributed by atoms with Crippen molar-refractivity contribution in [2.75, 3.05) is 10.0 Å². The number of carbonyl (C=O) groups excluding carboxylic acids is 1. The van der Waals surface area contributed by atoms with Crippen LogP contribution in [0.4, 0.5) is 10.3 Å². The van der Waals surface area contributed by atoms with Crippen molar-refractivity contribution in [2.24, 2.45) is 0 Å². The Morgan fingerprint density at radius 2 is 1.86 bits per heavy atom. The predicted octanol–water partition coefficient (Wildman–Crippen LogP) is 4.04. The van der Waals surface area contributed by atoms with Crippen molar-refractivity contribution in [3.05, 3.63) is 65.2 Å². The Labute approximate surface area is 175 Å². The summed E-state index contributed by atoms with van der Waals surface area (Å²) in [6.45, 7) is 2.00. The third-order valence-electron chi connectivity index (χ3n) is 3.96. The normalized spacial score (nSPS) is 11.5. The van der Waals surface area contributed by atoms with E-state index in [9.17, 15) is 13.2 Å². The number of thiazole rings is 2. The summed E-state index contributed by atoms with van der Waals surface area (Å²) in [5.74, 6) is -0.261. The molecule has 10 heteroatoms. The second-order valence-electron chi connectivity index (χ2n) is 6.28. The zero-order valence-corrected chi connectivity index (χ0v) is 17.7. The van der Waals surface area contributed by atoms with Crippen LogP contribution < -0.4 is 10.0 Å². The van der Waals surface area contributed by atoms with Crippen LogP contribution in [-0.4, -0.2) is 24.3 Å². The highest BCUT2D eigenvalue weighted by molar-refractivity contribution is 7.93. The van der Waals surface area contributed by atoms with Crippen molar-refractivity contribution in [1.29, 1.82) is 0 Å². The van der Waals surface area contributed by atoms with Crippen LogP contribution in [-0.2, 0) is 21.2 Å². The molecule has 0 fully saturated rings. The molecule has 0 spiro atoms. The summed E-state index contributed by atoms with van der Waals surface area (Å²) in [6, 6.07) is 14.0. The van der Waals surface area contributed by atoms with Crippen LogP contribution in [0.15, 0.2) is 58.8 Å². The molecule has 2 aromatic heterocycles. The lowest BCUT2D eigenvalue weighted by atomic mass is 10.2. The second kappa shape index (κ2) is 7.90. The number of aromatic nitrogens is 2. The van der Waals surface area contributed by atoms with E-state index in [1.54, 1.807) is 23.6 Å². The van der Waals surface area contributed by atoms with E-state index >= 15 is 0 Å². The summed E-state index contributed by atoms with van der Waals surface area (Å²) in [7, 11) is -3.71. The van der Waals surface area contributed by atoms with Crippen molar-refractivity contribution in [3.8, 4) is 0 Å². The number of nitrogens with one attached hydrogen (secondary N) is 2. The number of rotatable bonds is 6. The van der Waals surface area contributed by atoms with Crippen molar-refractivity contribution in [1.82, 2.24) is 9.97 Å². The number of carbonyl (C=O) groups is 1. The van der Waals surface area contributed by atoms with Gasteiger partial charge in [-0.05, 0) is 36.8 Å². The van der Waals surface area contributed by atoms with Crippen LogP contribution in [0.2, 0.25) is 0 Å². The molecule has 1 amide bonds. The van der Waals surface area contributed by atoms with Crippen molar-refractivity contribution in [2.45, 2.75) is 18.2 Å². The van der Waals surface area contributed by atoms with Crippen molar-refractivity contribution < 1.29 is 13.2 Å². The Hall–Kier alpha value is -2.82. The van der Waals surface area contributed by atoms with Crippen LogP contribution in [0.5, 0.6) is 0 Å². The molecule has 0 radical (unpaired) electrons. The average molecular weight is 445 g/mol. The molecule has 0 saturated carbocycles. The van der Waals surface area contributed by atoms with Gasteiger partial charge in [0, 0.05) is 5.38 Å². The Bertz CT molecular complexity index is 1280. The topological polar surface area (TPSA) is 101 Å². The zero-order valence-electron chi connectivity index (χ0n) is 15.2. The van der Waals surface area contributed by atoms with Crippen molar-refractivity contribution >= 4 is 59.1 Å². The molecule has 0 bridgehead atoms. The first-order valence-electron chi connectivity index (χ1n) is 8.58.